The molecule has 0 spiro atoms. The lowest BCUT2D eigenvalue weighted by Gasteiger charge is -2.23. The number of alkyl halides is 3. The van der Waals surface area contributed by atoms with Crippen LogP contribution in [0.4, 0.5) is 13.2 Å². The summed E-state index contributed by atoms with van der Waals surface area (Å²) in [6, 6.07) is 9.54. The van der Waals surface area contributed by atoms with Crippen LogP contribution < -0.4 is 0 Å². The van der Waals surface area contributed by atoms with E-state index in [-0.39, 0.29) is 11.9 Å². The van der Waals surface area contributed by atoms with Gasteiger partial charge >= 0.3 is 5.51 Å². The lowest BCUT2D eigenvalue weighted by atomic mass is 9.82. The van der Waals surface area contributed by atoms with Crippen molar-refractivity contribution >= 4 is 23.4 Å². The molecule has 0 fully saturated rings. The Morgan fingerprint density at radius 3 is 2.42 bits per heavy atom. The highest BCUT2D eigenvalue weighted by molar-refractivity contribution is 7.99. The van der Waals surface area contributed by atoms with Crippen LogP contribution >= 0.6 is 11.9 Å². The fourth-order valence-electron chi connectivity index (χ4n) is 3.34. The maximum absolute atomic E-state index is 12.7. The zero-order valence-corrected chi connectivity index (χ0v) is 15.6. The highest BCUT2D eigenvalue weighted by atomic mass is 32.2. The molecule has 0 atom stereocenters. The Hall–Kier alpha value is -2.08. The Labute approximate surface area is 155 Å². The fourth-order valence-corrected chi connectivity index (χ4v) is 3.70. The minimum atomic E-state index is -4.40. The average molecular weight is 376 g/mol. The molecule has 26 heavy (non-hydrogen) atoms. The SMILES string of the molecule is Cc1ccc2c(c1C)C(=N)c1cccc(C)c1C/C(=N/SC(F)(F)F)C2. The largest absolute Gasteiger partial charge is 0.463 e. The number of hydrogen-bond acceptors (Lipinski definition) is 3. The minimum Gasteiger partial charge on any atom is -0.300 e. The van der Waals surface area contributed by atoms with E-state index in [1.54, 1.807) is 0 Å². The average Bonchev–Trinajstić information content (AvgIpc) is 2.55. The van der Waals surface area contributed by atoms with Gasteiger partial charge in [-0.15, -0.1) is 0 Å². The number of hydrogen-bond donors (Lipinski definition) is 1. The molecule has 1 aliphatic carbocycles. The molecule has 0 aromatic heterocycles. The third-order valence-corrected chi connectivity index (χ3v) is 5.36. The van der Waals surface area contributed by atoms with Crippen LogP contribution in [0, 0.1) is 26.2 Å². The van der Waals surface area contributed by atoms with E-state index in [0.717, 1.165) is 38.9 Å². The molecule has 0 heterocycles. The first-order valence-electron chi connectivity index (χ1n) is 8.25. The van der Waals surface area contributed by atoms with E-state index in [1.807, 2.05) is 51.1 Å². The van der Waals surface area contributed by atoms with Crippen molar-refractivity contribution in [2.75, 3.05) is 0 Å². The lowest BCUT2D eigenvalue weighted by molar-refractivity contribution is -0.0327. The topological polar surface area (TPSA) is 36.2 Å². The summed E-state index contributed by atoms with van der Waals surface area (Å²) in [5, 5.41) is 8.77. The number of rotatable bonds is 1. The molecule has 2 nitrogen and oxygen atoms in total. The van der Waals surface area contributed by atoms with Crippen molar-refractivity contribution in [2.24, 2.45) is 4.40 Å². The molecule has 2 aromatic carbocycles. The zero-order valence-electron chi connectivity index (χ0n) is 14.8. The van der Waals surface area contributed by atoms with E-state index in [4.69, 9.17) is 5.41 Å². The molecule has 0 saturated carbocycles. The van der Waals surface area contributed by atoms with Crippen molar-refractivity contribution < 1.29 is 13.2 Å². The van der Waals surface area contributed by atoms with Gasteiger partial charge in [0.2, 0.25) is 0 Å². The second kappa shape index (κ2) is 6.91. The van der Waals surface area contributed by atoms with Gasteiger partial charge in [-0.1, -0.05) is 30.3 Å². The predicted octanol–water partition coefficient (Wildman–Crippen LogP) is 5.74. The van der Waals surface area contributed by atoms with Gasteiger partial charge in [-0.2, -0.15) is 13.2 Å². The zero-order chi connectivity index (χ0) is 19.1. The summed E-state index contributed by atoms with van der Waals surface area (Å²) in [7, 11) is 0. The van der Waals surface area contributed by atoms with Gasteiger partial charge < -0.3 is 0 Å². The van der Waals surface area contributed by atoms with Gasteiger partial charge in [0.05, 0.1) is 17.7 Å². The van der Waals surface area contributed by atoms with Crippen molar-refractivity contribution in [3.05, 3.63) is 69.3 Å². The van der Waals surface area contributed by atoms with Gasteiger partial charge in [0.15, 0.2) is 0 Å². The maximum atomic E-state index is 12.7. The van der Waals surface area contributed by atoms with E-state index in [1.165, 1.54) is 0 Å². The van der Waals surface area contributed by atoms with Crippen LogP contribution in [0.25, 0.3) is 0 Å². The number of nitrogens with zero attached hydrogens (tertiary/aromatic N) is 1. The first kappa shape index (κ1) is 18.7. The first-order chi connectivity index (χ1) is 12.2. The number of benzene rings is 2. The number of aryl methyl sites for hydroxylation is 2. The monoisotopic (exact) mass is 376 g/mol. The highest BCUT2D eigenvalue weighted by Crippen LogP contribution is 2.33. The molecule has 2 aromatic rings. The van der Waals surface area contributed by atoms with Gasteiger partial charge in [0.25, 0.3) is 0 Å². The fraction of sp³-hybridized carbons (Fsp3) is 0.300. The number of fused-ring (bicyclic) bond motifs is 2. The molecule has 0 aliphatic heterocycles. The summed E-state index contributed by atoms with van der Waals surface area (Å²) in [6.45, 7) is 5.86. The van der Waals surface area contributed by atoms with Crippen molar-refractivity contribution in [3.63, 3.8) is 0 Å². The van der Waals surface area contributed by atoms with Crippen LogP contribution in [0.1, 0.15) is 38.9 Å². The van der Waals surface area contributed by atoms with E-state index < -0.39 is 5.51 Å². The van der Waals surface area contributed by atoms with Crippen molar-refractivity contribution in [1.29, 1.82) is 5.41 Å². The second-order valence-electron chi connectivity index (χ2n) is 6.57. The Morgan fingerprint density at radius 1 is 1.00 bits per heavy atom. The Bertz CT molecular complexity index is 914. The molecule has 0 saturated heterocycles. The smallest absolute Gasteiger partial charge is 0.300 e. The van der Waals surface area contributed by atoms with Crippen LogP contribution in [0.15, 0.2) is 34.7 Å². The molecule has 6 heteroatoms. The molecule has 0 bridgehead atoms. The molecule has 0 amide bonds. The van der Waals surface area contributed by atoms with E-state index in [9.17, 15) is 13.2 Å². The van der Waals surface area contributed by atoms with Crippen LogP contribution in [0.2, 0.25) is 0 Å². The molecule has 3 rings (SSSR count). The molecule has 1 N–H and O–H groups in total. The lowest BCUT2D eigenvalue weighted by Crippen LogP contribution is -2.21. The maximum Gasteiger partial charge on any atom is 0.463 e. The molecular weight excluding hydrogens is 357 g/mol. The second-order valence-corrected chi connectivity index (χ2v) is 7.39. The van der Waals surface area contributed by atoms with Crippen LogP contribution in [-0.2, 0) is 12.8 Å². The summed E-state index contributed by atoms with van der Waals surface area (Å²) in [5.74, 6) is 0. The van der Waals surface area contributed by atoms with Gasteiger partial charge in [0, 0.05) is 29.7 Å². The van der Waals surface area contributed by atoms with E-state index in [2.05, 4.69) is 4.40 Å². The summed E-state index contributed by atoms with van der Waals surface area (Å²) < 4.78 is 41.8. The summed E-state index contributed by atoms with van der Waals surface area (Å²) in [6.07, 6.45) is 0.634. The summed E-state index contributed by atoms with van der Waals surface area (Å²) >= 11 is -0.346. The van der Waals surface area contributed by atoms with E-state index in [0.29, 0.717) is 24.3 Å². The van der Waals surface area contributed by atoms with E-state index >= 15 is 0 Å². The normalized spacial score (nSPS) is 16.1. The number of nitrogens with one attached hydrogen (secondary N) is 1. The molecule has 0 unspecified atom stereocenters. The Balaban J connectivity index is 2.21. The van der Waals surface area contributed by atoms with Gasteiger partial charge in [-0.05, 0) is 48.6 Å². The van der Waals surface area contributed by atoms with Crippen LogP contribution in [0.3, 0.4) is 0 Å². The predicted molar refractivity (Wildman–Crippen MR) is 102 cm³/mol. The number of halogens is 3. The quantitative estimate of drug-likeness (QED) is 0.634. The molecular formula is C20H19F3N2S. The third kappa shape index (κ3) is 3.70. The minimum absolute atomic E-state index is 0.315. The summed E-state index contributed by atoms with van der Waals surface area (Å²) in [4.78, 5) is 0. The van der Waals surface area contributed by atoms with Crippen LogP contribution in [-0.4, -0.2) is 16.9 Å². The van der Waals surface area contributed by atoms with Crippen molar-refractivity contribution in [1.82, 2.24) is 0 Å². The Morgan fingerprint density at radius 2 is 1.73 bits per heavy atom. The van der Waals surface area contributed by atoms with Crippen LogP contribution in [0.5, 0.6) is 0 Å². The Kier molecular flexibility index (Phi) is 4.97. The van der Waals surface area contributed by atoms with Crippen molar-refractivity contribution in [3.8, 4) is 0 Å². The van der Waals surface area contributed by atoms with Gasteiger partial charge in [-0.3, -0.25) is 5.41 Å². The van der Waals surface area contributed by atoms with Crippen molar-refractivity contribution in [2.45, 2.75) is 39.1 Å². The third-order valence-electron chi connectivity index (χ3n) is 4.81. The highest BCUT2D eigenvalue weighted by Gasteiger charge is 2.30. The molecule has 0 radical (unpaired) electrons. The first-order valence-corrected chi connectivity index (χ1v) is 9.02. The molecule has 1 aliphatic rings. The summed E-state index contributed by atoms with van der Waals surface area (Å²) in [5.41, 5.74) is 2.83. The van der Waals surface area contributed by atoms with Gasteiger partial charge in [-0.25, -0.2) is 4.40 Å². The van der Waals surface area contributed by atoms with Gasteiger partial charge in [0.1, 0.15) is 0 Å². The molecule has 136 valence electrons. The standard InChI is InChI=1S/C20H19F3N2S/c1-11-7-8-14-9-15(25-26-20(21,22)23)10-17-12(2)5-4-6-16(17)19(24)18(14)13(11)3/h4-8,24H,9-10H2,1-3H3/b24-19?,25-15+.